The van der Waals surface area contributed by atoms with E-state index < -0.39 is 0 Å². The molecule has 7 heteroatoms. The van der Waals surface area contributed by atoms with Crippen LogP contribution in [0, 0.1) is 0 Å². The molecule has 0 atom stereocenters. The standard InChI is InChI=1S/C21H18Cl2N2O3/c1-27-18-8-7-15(21(26)25-20-16(22)12-24-13-17(20)23)11-19(18)28-10-9-14-5-3-2-4-6-14/h2-8,11-13H,9-10H2,1H3,(H,24,25,26). The van der Waals surface area contributed by atoms with Crippen molar-refractivity contribution in [3.05, 3.63) is 82.1 Å². The Balaban J connectivity index is 1.73. The van der Waals surface area contributed by atoms with Crippen LogP contribution >= 0.6 is 23.2 Å². The van der Waals surface area contributed by atoms with Crippen molar-refractivity contribution in [3.63, 3.8) is 0 Å². The van der Waals surface area contributed by atoms with Crippen LogP contribution in [0.5, 0.6) is 11.5 Å². The highest BCUT2D eigenvalue weighted by molar-refractivity contribution is 6.39. The van der Waals surface area contributed by atoms with E-state index in [-0.39, 0.29) is 16.0 Å². The molecule has 0 radical (unpaired) electrons. The third kappa shape index (κ3) is 4.94. The molecule has 0 aliphatic carbocycles. The first kappa shape index (κ1) is 20.0. The Bertz CT molecular complexity index is 945. The van der Waals surface area contributed by atoms with Gasteiger partial charge in [-0.3, -0.25) is 9.78 Å². The van der Waals surface area contributed by atoms with Gasteiger partial charge in [-0.1, -0.05) is 53.5 Å². The second kappa shape index (κ2) is 9.44. The van der Waals surface area contributed by atoms with Gasteiger partial charge in [-0.15, -0.1) is 0 Å². The molecule has 144 valence electrons. The Morgan fingerprint density at radius 3 is 2.43 bits per heavy atom. The van der Waals surface area contributed by atoms with Crippen LogP contribution in [0.4, 0.5) is 5.69 Å². The van der Waals surface area contributed by atoms with E-state index in [0.29, 0.717) is 29.4 Å². The maximum atomic E-state index is 12.6. The van der Waals surface area contributed by atoms with E-state index in [1.54, 1.807) is 25.3 Å². The van der Waals surface area contributed by atoms with Crippen molar-refractivity contribution < 1.29 is 14.3 Å². The number of pyridine rings is 1. The predicted octanol–water partition coefficient (Wildman–Crippen LogP) is 5.27. The zero-order chi connectivity index (χ0) is 19.9. The molecular weight excluding hydrogens is 399 g/mol. The zero-order valence-electron chi connectivity index (χ0n) is 15.1. The van der Waals surface area contributed by atoms with Crippen molar-refractivity contribution in [2.45, 2.75) is 6.42 Å². The van der Waals surface area contributed by atoms with Gasteiger partial charge in [0, 0.05) is 24.4 Å². The monoisotopic (exact) mass is 416 g/mol. The Hall–Kier alpha value is -2.76. The molecule has 0 saturated carbocycles. The molecule has 3 aromatic rings. The summed E-state index contributed by atoms with van der Waals surface area (Å²) in [6.07, 6.45) is 3.56. The fourth-order valence-electron chi connectivity index (χ4n) is 2.57. The number of amides is 1. The fourth-order valence-corrected chi connectivity index (χ4v) is 3.03. The summed E-state index contributed by atoms with van der Waals surface area (Å²) in [6.45, 7) is 0.452. The molecule has 1 N–H and O–H groups in total. The lowest BCUT2D eigenvalue weighted by atomic mass is 10.1. The molecule has 0 saturated heterocycles. The van der Waals surface area contributed by atoms with Crippen LogP contribution in [0.2, 0.25) is 10.0 Å². The summed E-state index contributed by atoms with van der Waals surface area (Å²) in [7, 11) is 1.55. The van der Waals surface area contributed by atoms with Gasteiger partial charge in [0.15, 0.2) is 11.5 Å². The number of carbonyl (C=O) groups is 1. The first-order chi connectivity index (χ1) is 13.6. The molecule has 0 unspecified atom stereocenters. The van der Waals surface area contributed by atoms with Crippen molar-refractivity contribution in [2.75, 3.05) is 19.0 Å². The first-order valence-electron chi connectivity index (χ1n) is 8.53. The second-order valence-electron chi connectivity index (χ2n) is 5.88. The molecule has 3 rings (SSSR count). The number of ether oxygens (including phenoxy) is 2. The summed E-state index contributed by atoms with van der Waals surface area (Å²) in [4.78, 5) is 16.5. The Morgan fingerprint density at radius 1 is 1.04 bits per heavy atom. The van der Waals surface area contributed by atoms with Gasteiger partial charge in [0.2, 0.25) is 0 Å². The van der Waals surface area contributed by atoms with Gasteiger partial charge in [0.1, 0.15) is 0 Å². The number of hydrogen-bond acceptors (Lipinski definition) is 4. The molecule has 28 heavy (non-hydrogen) atoms. The minimum atomic E-state index is -0.370. The molecule has 0 aliphatic heterocycles. The van der Waals surface area contributed by atoms with Crippen LogP contribution in [0.1, 0.15) is 15.9 Å². The average Bonchev–Trinajstić information content (AvgIpc) is 2.71. The number of aromatic nitrogens is 1. The Kier molecular flexibility index (Phi) is 6.74. The minimum absolute atomic E-state index is 0.258. The average molecular weight is 417 g/mol. The smallest absolute Gasteiger partial charge is 0.255 e. The predicted molar refractivity (Wildman–Crippen MR) is 111 cm³/mol. The van der Waals surface area contributed by atoms with E-state index in [4.69, 9.17) is 32.7 Å². The van der Waals surface area contributed by atoms with Crippen LogP contribution < -0.4 is 14.8 Å². The lowest BCUT2D eigenvalue weighted by Crippen LogP contribution is -2.13. The van der Waals surface area contributed by atoms with Crippen molar-refractivity contribution in [1.82, 2.24) is 4.98 Å². The van der Waals surface area contributed by atoms with Crippen LogP contribution in [-0.2, 0) is 6.42 Å². The maximum Gasteiger partial charge on any atom is 0.255 e. The molecule has 0 spiro atoms. The summed E-state index contributed by atoms with van der Waals surface area (Å²) in [6, 6.07) is 15.0. The largest absolute Gasteiger partial charge is 0.493 e. The van der Waals surface area contributed by atoms with Crippen molar-refractivity contribution in [1.29, 1.82) is 0 Å². The molecular formula is C21H18Cl2N2O3. The number of nitrogens with one attached hydrogen (secondary N) is 1. The van der Waals surface area contributed by atoms with E-state index >= 15 is 0 Å². The topological polar surface area (TPSA) is 60.5 Å². The summed E-state index contributed by atoms with van der Waals surface area (Å²) < 4.78 is 11.2. The molecule has 0 aliphatic rings. The molecule has 1 amide bonds. The van der Waals surface area contributed by atoms with Crippen LogP contribution in [0.15, 0.2) is 60.9 Å². The van der Waals surface area contributed by atoms with Gasteiger partial charge in [-0.2, -0.15) is 0 Å². The van der Waals surface area contributed by atoms with Crippen LogP contribution in [0.3, 0.4) is 0 Å². The fraction of sp³-hybridized carbons (Fsp3) is 0.143. The van der Waals surface area contributed by atoms with E-state index in [9.17, 15) is 4.79 Å². The van der Waals surface area contributed by atoms with Crippen molar-refractivity contribution in [3.8, 4) is 11.5 Å². The molecule has 0 bridgehead atoms. The van der Waals surface area contributed by atoms with E-state index in [2.05, 4.69) is 10.3 Å². The van der Waals surface area contributed by atoms with E-state index in [1.807, 2.05) is 30.3 Å². The lowest BCUT2D eigenvalue weighted by molar-refractivity contribution is 0.102. The highest BCUT2D eigenvalue weighted by Gasteiger charge is 2.15. The van der Waals surface area contributed by atoms with Crippen LogP contribution in [-0.4, -0.2) is 24.6 Å². The van der Waals surface area contributed by atoms with Gasteiger partial charge in [0.25, 0.3) is 5.91 Å². The number of benzene rings is 2. The SMILES string of the molecule is COc1ccc(C(=O)Nc2c(Cl)cncc2Cl)cc1OCCc1ccccc1. The van der Waals surface area contributed by atoms with Crippen molar-refractivity contribution >= 4 is 34.8 Å². The summed E-state index contributed by atoms with van der Waals surface area (Å²) >= 11 is 12.1. The molecule has 1 aromatic heterocycles. The van der Waals surface area contributed by atoms with Gasteiger partial charge in [-0.25, -0.2) is 0 Å². The number of anilines is 1. The van der Waals surface area contributed by atoms with Gasteiger partial charge >= 0.3 is 0 Å². The van der Waals surface area contributed by atoms with Gasteiger partial charge in [-0.05, 0) is 23.8 Å². The molecule has 0 fully saturated rings. The van der Waals surface area contributed by atoms with E-state index in [1.165, 1.54) is 12.4 Å². The number of methoxy groups -OCH3 is 1. The minimum Gasteiger partial charge on any atom is -0.493 e. The molecule has 1 heterocycles. The maximum absolute atomic E-state index is 12.6. The highest BCUT2D eigenvalue weighted by Crippen LogP contribution is 2.31. The van der Waals surface area contributed by atoms with E-state index in [0.717, 1.165) is 12.0 Å². The number of carbonyl (C=O) groups excluding carboxylic acids is 1. The first-order valence-corrected chi connectivity index (χ1v) is 9.29. The Labute approximate surface area is 173 Å². The normalized spacial score (nSPS) is 10.4. The van der Waals surface area contributed by atoms with Gasteiger partial charge < -0.3 is 14.8 Å². The van der Waals surface area contributed by atoms with Crippen LogP contribution in [0.25, 0.3) is 0 Å². The van der Waals surface area contributed by atoms with Crippen molar-refractivity contribution in [2.24, 2.45) is 0 Å². The number of hydrogen-bond donors (Lipinski definition) is 1. The molecule has 5 nitrogen and oxygen atoms in total. The summed E-state index contributed by atoms with van der Waals surface area (Å²) in [5.74, 6) is 0.660. The number of nitrogens with zero attached hydrogens (tertiary/aromatic N) is 1. The second-order valence-corrected chi connectivity index (χ2v) is 6.70. The molecule has 2 aromatic carbocycles. The zero-order valence-corrected chi connectivity index (χ0v) is 16.6. The number of rotatable bonds is 7. The lowest BCUT2D eigenvalue weighted by Gasteiger charge is -2.13. The third-order valence-corrected chi connectivity index (χ3v) is 4.58. The summed E-state index contributed by atoms with van der Waals surface area (Å²) in [5.41, 5.74) is 1.86. The van der Waals surface area contributed by atoms with Gasteiger partial charge in [0.05, 0.1) is 29.4 Å². The summed E-state index contributed by atoms with van der Waals surface area (Å²) in [5, 5.41) is 3.22. The highest BCUT2D eigenvalue weighted by atomic mass is 35.5. The third-order valence-electron chi connectivity index (χ3n) is 4.01. The number of halogens is 2. The quantitative estimate of drug-likeness (QED) is 0.569. The Morgan fingerprint density at radius 2 is 1.75 bits per heavy atom.